The zero-order valence-electron chi connectivity index (χ0n) is 6.27. The molecule has 0 unspecified atom stereocenters. The quantitative estimate of drug-likeness (QED) is 0.754. The van der Waals surface area contributed by atoms with Crippen molar-refractivity contribution in [3.8, 4) is 0 Å². The molecule has 12 heavy (non-hydrogen) atoms. The molecule has 0 spiro atoms. The molecule has 3 nitrogen and oxygen atoms in total. The maximum Gasteiger partial charge on any atom is 0.394 e. The van der Waals surface area contributed by atoms with Crippen molar-refractivity contribution in [1.29, 1.82) is 0 Å². The van der Waals surface area contributed by atoms with Gasteiger partial charge in [-0.05, 0) is 0 Å². The van der Waals surface area contributed by atoms with Crippen LogP contribution in [0.5, 0.6) is 0 Å². The van der Waals surface area contributed by atoms with Gasteiger partial charge >= 0.3 is 6.18 Å². The van der Waals surface area contributed by atoms with Gasteiger partial charge in [-0.25, -0.2) is 0 Å². The maximum absolute atomic E-state index is 11.8. The van der Waals surface area contributed by atoms with Crippen molar-refractivity contribution in [1.82, 2.24) is 5.16 Å². The molecule has 0 aromatic carbocycles. The molecule has 0 fully saturated rings. The molecule has 0 amide bonds. The normalized spacial score (nSPS) is 11.7. The van der Waals surface area contributed by atoms with Crippen molar-refractivity contribution >= 4 is 5.88 Å². The molecule has 6 heteroatoms. The largest absolute Gasteiger partial charge is 0.394 e. The second kappa shape index (κ2) is 3.04. The topological polar surface area (TPSA) is 38.1 Å². The van der Waals surface area contributed by atoms with Crippen molar-refractivity contribution in [2.75, 3.05) is 12.4 Å². The first-order chi connectivity index (χ1) is 5.51. The third-order valence-electron chi connectivity index (χ3n) is 1.19. The van der Waals surface area contributed by atoms with E-state index in [0.29, 0.717) is 0 Å². The third-order valence-corrected chi connectivity index (χ3v) is 1.19. The number of rotatable bonds is 2. The van der Waals surface area contributed by atoms with Crippen molar-refractivity contribution < 1.29 is 17.7 Å². The van der Waals surface area contributed by atoms with Gasteiger partial charge in [0.15, 0.2) is 0 Å². The smallest absolute Gasteiger partial charge is 0.357 e. The van der Waals surface area contributed by atoms with E-state index in [1.807, 2.05) is 0 Å². The van der Waals surface area contributed by atoms with Crippen LogP contribution in [0.3, 0.4) is 0 Å². The van der Waals surface area contributed by atoms with Crippen LogP contribution in [0.2, 0.25) is 0 Å². The van der Waals surface area contributed by atoms with Crippen LogP contribution >= 0.6 is 0 Å². The lowest BCUT2D eigenvalue weighted by atomic mass is 10.3. The Labute approximate surface area is 66.5 Å². The highest BCUT2D eigenvalue weighted by molar-refractivity contribution is 5.30. The van der Waals surface area contributed by atoms with Gasteiger partial charge in [-0.15, -0.1) is 0 Å². The fourth-order valence-corrected chi connectivity index (χ4v) is 0.718. The number of nitrogens with zero attached hydrogens (tertiary/aromatic N) is 1. The fraction of sp³-hybridized carbons (Fsp3) is 0.500. The zero-order valence-corrected chi connectivity index (χ0v) is 6.27. The second-order valence-electron chi connectivity index (χ2n) is 2.22. The highest BCUT2D eigenvalue weighted by Crippen LogP contribution is 2.21. The van der Waals surface area contributed by atoms with Crippen LogP contribution in [-0.4, -0.2) is 18.4 Å². The number of hydrogen-bond acceptors (Lipinski definition) is 3. The van der Waals surface area contributed by atoms with Crippen LogP contribution in [0.1, 0.15) is 5.69 Å². The van der Waals surface area contributed by atoms with Crippen LogP contribution in [0, 0.1) is 0 Å². The number of nitrogens with one attached hydrogen (secondary N) is 1. The van der Waals surface area contributed by atoms with Gasteiger partial charge in [0.05, 0.1) is 12.1 Å². The summed E-state index contributed by atoms with van der Waals surface area (Å²) in [7, 11) is 1.54. The highest BCUT2D eigenvalue weighted by atomic mass is 19.4. The molecule has 68 valence electrons. The van der Waals surface area contributed by atoms with Crippen molar-refractivity contribution in [2.24, 2.45) is 0 Å². The third kappa shape index (κ3) is 2.44. The molecule has 0 saturated heterocycles. The number of anilines is 1. The Hall–Kier alpha value is -1.20. The summed E-state index contributed by atoms with van der Waals surface area (Å²) in [5, 5.41) is 5.75. The van der Waals surface area contributed by atoms with Gasteiger partial charge in [0.25, 0.3) is 0 Å². The molecule has 0 atom stereocenters. The van der Waals surface area contributed by atoms with E-state index in [-0.39, 0.29) is 11.6 Å². The van der Waals surface area contributed by atoms with Crippen LogP contribution in [0.4, 0.5) is 19.1 Å². The first kappa shape index (κ1) is 8.89. The molecule has 0 aliphatic heterocycles. The Balaban J connectivity index is 2.64. The standard InChI is InChI=1S/C6H7F3N2O/c1-10-5-2-4(11-12-5)3-6(7,8)9/h2,10H,3H2,1H3. The Bertz CT molecular complexity index is 256. The van der Waals surface area contributed by atoms with Crippen LogP contribution in [-0.2, 0) is 6.42 Å². The Morgan fingerprint density at radius 2 is 2.25 bits per heavy atom. The van der Waals surface area contributed by atoms with Gasteiger partial charge in [-0.1, -0.05) is 5.16 Å². The molecule has 1 aromatic heterocycles. The van der Waals surface area contributed by atoms with Crippen LogP contribution in [0.25, 0.3) is 0 Å². The monoisotopic (exact) mass is 180 g/mol. The predicted octanol–water partition coefficient (Wildman–Crippen LogP) is 1.82. The summed E-state index contributed by atoms with van der Waals surface area (Å²) in [5.74, 6) is 0.231. The number of aromatic nitrogens is 1. The summed E-state index contributed by atoms with van der Waals surface area (Å²) in [6, 6.07) is 1.22. The lowest BCUT2D eigenvalue weighted by Gasteiger charge is -2.00. The molecule has 0 saturated carbocycles. The van der Waals surface area contributed by atoms with Gasteiger partial charge in [0.1, 0.15) is 0 Å². The molecular weight excluding hydrogens is 173 g/mol. The maximum atomic E-state index is 11.8. The SMILES string of the molecule is CNc1cc(CC(F)(F)F)no1. The Morgan fingerprint density at radius 1 is 1.58 bits per heavy atom. The van der Waals surface area contributed by atoms with E-state index in [1.165, 1.54) is 13.1 Å². The molecule has 1 rings (SSSR count). The number of alkyl halides is 3. The number of halogens is 3. The summed E-state index contributed by atoms with van der Waals surface area (Å²) in [6.07, 6.45) is -5.29. The minimum atomic E-state index is -4.23. The minimum absolute atomic E-state index is 0.119. The lowest BCUT2D eigenvalue weighted by Crippen LogP contribution is -2.11. The summed E-state index contributed by atoms with van der Waals surface area (Å²) in [6.45, 7) is 0. The summed E-state index contributed by atoms with van der Waals surface area (Å²) < 4.78 is 39.8. The minimum Gasteiger partial charge on any atom is -0.357 e. The Morgan fingerprint density at radius 3 is 2.67 bits per heavy atom. The molecule has 0 aliphatic rings. The van der Waals surface area contributed by atoms with E-state index >= 15 is 0 Å². The summed E-state index contributed by atoms with van der Waals surface area (Å²) in [4.78, 5) is 0. The molecule has 0 aliphatic carbocycles. The van der Waals surface area contributed by atoms with Crippen molar-refractivity contribution in [2.45, 2.75) is 12.6 Å². The van der Waals surface area contributed by atoms with Gasteiger partial charge in [-0.3, -0.25) is 0 Å². The van der Waals surface area contributed by atoms with Crippen LogP contribution < -0.4 is 5.32 Å². The van der Waals surface area contributed by atoms with Crippen molar-refractivity contribution in [3.05, 3.63) is 11.8 Å². The van der Waals surface area contributed by atoms with Crippen LogP contribution in [0.15, 0.2) is 10.6 Å². The predicted molar refractivity (Wildman–Crippen MR) is 35.8 cm³/mol. The van der Waals surface area contributed by atoms with E-state index in [4.69, 9.17) is 0 Å². The highest BCUT2D eigenvalue weighted by Gasteiger charge is 2.29. The van der Waals surface area contributed by atoms with Gasteiger partial charge in [0, 0.05) is 13.1 Å². The first-order valence-electron chi connectivity index (χ1n) is 3.21. The Kier molecular flexibility index (Phi) is 2.25. The average molecular weight is 180 g/mol. The molecular formula is C6H7F3N2O. The zero-order chi connectivity index (χ0) is 9.19. The van der Waals surface area contributed by atoms with E-state index in [1.54, 1.807) is 0 Å². The van der Waals surface area contributed by atoms with Crippen molar-refractivity contribution in [3.63, 3.8) is 0 Å². The first-order valence-corrected chi connectivity index (χ1v) is 3.21. The van der Waals surface area contributed by atoms with E-state index in [0.717, 1.165) is 0 Å². The molecule has 1 aromatic rings. The van der Waals surface area contributed by atoms with E-state index in [2.05, 4.69) is 15.0 Å². The summed E-state index contributed by atoms with van der Waals surface area (Å²) >= 11 is 0. The summed E-state index contributed by atoms with van der Waals surface area (Å²) in [5.41, 5.74) is -0.119. The van der Waals surface area contributed by atoms with E-state index in [9.17, 15) is 13.2 Å². The van der Waals surface area contributed by atoms with Gasteiger partial charge in [0.2, 0.25) is 5.88 Å². The molecule has 0 radical (unpaired) electrons. The van der Waals surface area contributed by atoms with E-state index < -0.39 is 12.6 Å². The molecule has 1 N–H and O–H groups in total. The average Bonchev–Trinajstić information content (AvgIpc) is 2.32. The second-order valence-corrected chi connectivity index (χ2v) is 2.22. The lowest BCUT2D eigenvalue weighted by molar-refractivity contribution is -0.128. The molecule has 1 heterocycles. The number of hydrogen-bond donors (Lipinski definition) is 1. The fourth-order valence-electron chi connectivity index (χ4n) is 0.718. The van der Waals surface area contributed by atoms with Gasteiger partial charge in [-0.2, -0.15) is 13.2 Å². The van der Waals surface area contributed by atoms with Gasteiger partial charge < -0.3 is 9.84 Å². The molecule has 0 bridgehead atoms.